The maximum absolute atomic E-state index is 14.6. The van der Waals surface area contributed by atoms with Gasteiger partial charge in [-0.1, -0.05) is 78.5 Å². The standard InChI is InChI=1S/C54H82ClNO9/c1-18-19-36(34(5)55)30-56(47(61)65-49(10,11)12)31-42(62-35(6)57)54-27-26-52(16)38(45(54)44(32(2)3)39(58)28-54)20-21-41-51(15)24-23-40(33(4)37(51)22-25-53(41,52)17)63-43(59)29-50(13,14)46(60)64-48(7,8)9/h18-19,32-33,37-38,40-42H,1,5,20-31H2,2-4,6-17H3/b36-19-/t33?,37?,38?,40?,41?,42?,51?,52-,53?,54?/m1/s1. The third-order valence-electron chi connectivity index (χ3n) is 16.8. The van der Waals surface area contributed by atoms with Gasteiger partial charge in [-0.25, -0.2) is 4.79 Å². The maximum Gasteiger partial charge on any atom is 0.410 e. The fourth-order valence-electron chi connectivity index (χ4n) is 13.7. The number of hydrogen-bond donors (Lipinski definition) is 0. The van der Waals surface area contributed by atoms with Gasteiger partial charge in [0.25, 0.3) is 0 Å². The quantitative estimate of drug-likeness (QED) is 0.101. The minimum atomic E-state index is -1.01. The van der Waals surface area contributed by atoms with Crippen molar-refractivity contribution in [3.8, 4) is 0 Å². The van der Waals surface area contributed by atoms with Gasteiger partial charge < -0.3 is 23.8 Å². The van der Waals surface area contributed by atoms with Gasteiger partial charge in [0, 0.05) is 23.8 Å². The van der Waals surface area contributed by atoms with E-state index in [0.29, 0.717) is 23.8 Å². The SMILES string of the molecule is C=C/C=C(/CN(CC(OC(C)=O)C12CC[C@]3(C)C(CCC4C5(C)CCC(OC(=O)CC(C)(C)C(=O)OC(C)(C)C)C(C)C5CCC43C)C1=C(C(C)C)C(=O)C2)C(=O)OC(C)(C)C)C(=C)Cl. The van der Waals surface area contributed by atoms with E-state index in [1.807, 2.05) is 41.5 Å². The van der Waals surface area contributed by atoms with Crippen LogP contribution in [0.25, 0.3) is 0 Å². The molecule has 10 nitrogen and oxygen atoms in total. The van der Waals surface area contributed by atoms with Crippen molar-refractivity contribution in [2.45, 2.75) is 191 Å². The predicted molar refractivity (Wildman–Crippen MR) is 256 cm³/mol. The summed E-state index contributed by atoms with van der Waals surface area (Å²) in [5.74, 6) is -0.224. The first-order chi connectivity index (χ1) is 29.8. The minimum Gasteiger partial charge on any atom is -0.462 e. The summed E-state index contributed by atoms with van der Waals surface area (Å²) in [6.45, 7) is 37.5. The van der Waals surface area contributed by atoms with Crippen LogP contribution in [0.3, 0.4) is 0 Å². The molecule has 0 aromatic rings. The van der Waals surface area contributed by atoms with Gasteiger partial charge in [-0.3, -0.25) is 19.2 Å². The molecule has 10 atom stereocenters. The van der Waals surface area contributed by atoms with Crippen LogP contribution in [-0.4, -0.2) is 71.2 Å². The summed E-state index contributed by atoms with van der Waals surface area (Å²) in [7, 11) is 0. The molecule has 364 valence electrons. The van der Waals surface area contributed by atoms with Crippen molar-refractivity contribution in [2.24, 2.45) is 56.7 Å². The molecular formula is C54H82ClNO9. The lowest BCUT2D eigenvalue weighted by atomic mass is 9.33. The normalized spacial score (nSPS) is 33.2. The molecule has 0 N–H and O–H groups in total. The summed E-state index contributed by atoms with van der Waals surface area (Å²) in [6, 6.07) is 0. The second-order valence-corrected chi connectivity index (χ2v) is 24.6. The van der Waals surface area contributed by atoms with Crippen molar-refractivity contribution in [2.75, 3.05) is 13.1 Å². The highest BCUT2D eigenvalue weighted by Crippen LogP contribution is 2.76. The monoisotopic (exact) mass is 924 g/mol. The average molecular weight is 925 g/mol. The molecule has 0 aromatic heterocycles. The molecule has 5 aliphatic rings. The molecule has 0 aromatic carbocycles. The Labute approximate surface area is 396 Å². The minimum absolute atomic E-state index is 0.000503. The number of ether oxygens (including phenoxy) is 4. The number of nitrogens with zero attached hydrogens (tertiary/aromatic N) is 1. The summed E-state index contributed by atoms with van der Waals surface area (Å²) >= 11 is 6.47. The van der Waals surface area contributed by atoms with Crippen LogP contribution < -0.4 is 0 Å². The van der Waals surface area contributed by atoms with Crippen molar-refractivity contribution in [3.63, 3.8) is 0 Å². The molecule has 0 radical (unpaired) electrons. The van der Waals surface area contributed by atoms with Crippen molar-refractivity contribution in [1.82, 2.24) is 4.90 Å². The lowest BCUT2D eigenvalue weighted by molar-refractivity contribution is -0.219. The van der Waals surface area contributed by atoms with Gasteiger partial charge in [-0.15, -0.1) is 0 Å². The number of Topliss-reactive ketones (excluding diaryl/α,β-unsaturated/α-hetero) is 1. The van der Waals surface area contributed by atoms with Gasteiger partial charge in [0.2, 0.25) is 0 Å². The fraction of sp³-hybridized carbons (Fsp3) is 0.759. The number of fused-ring (bicyclic) bond motifs is 7. The first kappa shape index (κ1) is 52.6. The van der Waals surface area contributed by atoms with E-state index in [1.54, 1.807) is 26.0 Å². The van der Waals surface area contributed by atoms with E-state index >= 15 is 0 Å². The number of amides is 1. The lowest BCUT2D eigenvalue weighted by Gasteiger charge is -2.71. The molecular weight excluding hydrogens is 842 g/mol. The third-order valence-corrected chi connectivity index (χ3v) is 17.1. The highest BCUT2D eigenvalue weighted by molar-refractivity contribution is 6.31. The Hall–Kier alpha value is -3.40. The van der Waals surface area contributed by atoms with Crippen molar-refractivity contribution in [3.05, 3.63) is 47.1 Å². The van der Waals surface area contributed by atoms with Gasteiger partial charge in [-0.2, -0.15) is 0 Å². The molecule has 0 spiro atoms. The van der Waals surface area contributed by atoms with Crippen LogP contribution in [-0.2, 0) is 38.1 Å². The second-order valence-electron chi connectivity index (χ2n) is 24.2. The largest absolute Gasteiger partial charge is 0.462 e. The Morgan fingerprint density at radius 2 is 1.52 bits per heavy atom. The smallest absolute Gasteiger partial charge is 0.410 e. The van der Waals surface area contributed by atoms with Gasteiger partial charge in [0.15, 0.2) is 5.78 Å². The third kappa shape index (κ3) is 10.2. The van der Waals surface area contributed by atoms with E-state index in [4.69, 9.17) is 30.5 Å². The molecule has 5 rings (SSSR count). The van der Waals surface area contributed by atoms with Gasteiger partial charge >= 0.3 is 24.0 Å². The van der Waals surface area contributed by atoms with E-state index in [1.165, 1.54) is 11.8 Å². The van der Waals surface area contributed by atoms with Crippen LogP contribution in [0.15, 0.2) is 47.1 Å². The Morgan fingerprint density at radius 3 is 2.08 bits per heavy atom. The molecule has 4 saturated carbocycles. The van der Waals surface area contributed by atoms with Crippen LogP contribution in [0.5, 0.6) is 0 Å². The number of allylic oxidation sites excluding steroid dienone is 3. The summed E-state index contributed by atoms with van der Waals surface area (Å²) in [6.07, 6.45) is 8.89. The van der Waals surface area contributed by atoms with Crippen LogP contribution in [0.1, 0.15) is 168 Å². The number of halogens is 1. The van der Waals surface area contributed by atoms with E-state index < -0.39 is 46.2 Å². The number of carbonyl (C=O) groups excluding carboxylic acids is 5. The van der Waals surface area contributed by atoms with E-state index in [0.717, 1.165) is 56.1 Å². The molecule has 65 heavy (non-hydrogen) atoms. The first-order valence-electron chi connectivity index (χ1n) is 24.3. The number of carbonyl (C=O) groups is 5. The Morgan fingerprint density at radius 1 is 0.892 bits per heavy atom. The zero-order chi connectivity index (χ0) is 49.0. The highest BCUT2D eigenvalue weighted by Gasteiger charge is 2.70. The number of esters is 3. The van der Waals surface area contributed by atoms with Crippen molar-refractivity contribution >= 4 is 41.4 Å². The van der Waals surface area contributed by atoms with Gasteiger partial charge in [-0.05, 0) is 169 Å². The molecule has 0 aliphatic heterocycles. The first-order valence-corrected chi connectivity index (χ1v) is 24.7. The van der Waals surface area contributed by atoms with Crippen molar-refractivity contribution in [1.29, 1.82) is 0 Å². The molecule has 0 bridgehead atoms. The lowest BCUT2D eigenvalue weighted by Crippen LogP contribution is -2.65. The van der Waals surface area contributed by atoms with Crippen molar-refractivity contribution < 1.29 is 42.9 Å². The molecule has 4 fully saturated rings. The summed E-state index contributed by atoms with van der Waals surface area (Å²) < 4.78 is 24.2. The molecule has 11 heteroatoms. The Kier molecular flexibility index (Phi) is 15.0. The van der Waals surface area contributed by atoms with E-state index in [2.05, 4.69) is 54.7 Å². The van der Waals surface area contributed by atoms with Gasteiger partial charge in [0.05, 0.1) is 24.9 Å². The van der Waals surface area contributed by atoms with Crippen LogP contribution in [0, 0.1) is 56.7 Å². The summed E-state index contributed by atoms with van der Waals surface area (Å²) in [5.41, 5.74) is -0.948. The molecule has 1 amide bonds. The number of rotatable bonds is 13. The van der Waals surface area contributed by atoms with Gasteiger partial charge in [0.1, 0.15) is 23.4 Å². The van der Waals surface area contributed by atoms with E-state index in [9.17, 15) is 24.0 Å². The zero-order valence-electron chi connectivity index (χ0n) is 42.6. The van der Waals surface area contributed by atoms with Crippen LogP contribution in [0.2, 0.25) is 0 Å². The maximum atomic E-state index is 14.6. The molecule has 9 unspecified atom stereocenters. The summed E-state index contributed by atoms with van der Waals surface area (Å²) in [4.78, 5) is 70.0. The molecule has 5 aliphatic carbocycles. The number of ketones is 1. The molecule has 0 heterocycles. The second kappa shape index (κ2) is 18.6. The highest BCUT2D eigenvalue weighted by atomic mass is 35.5. The number of hydrogen-bond acceptors (Lipinski definition) is 9. The summed E-state index contributed by atoms with van der Waals surface area (Å²) in [5, 5.41) is 0.254. The topological polar surface area (TPSA) is 126 Å². The average Bonchev–Trinajstić information content (AvgIpc) is 3.46. The predicted octanol–water partition coefficient (Wildman–Crippen LogP) is 12.3. The van der Waals surface area contributed by atoms with E-state index in [-0.39, 0.29) is 82.8 Å². The fourth-order valence-corrected chi connectivity index (χ4v) is 13.8. The molecule has 0 saturated heterocycles. The van der Waals surface area contributed by atoms with Crippen LogP contribution >= 0.6 is 11.6 Å². The Bertz CT molecular complexity index is 1980. The Balaban J connectivity index is 1.48. The van der Waals surface area contributed by atoms with Crippen LogP contribution in [0.4, 0.5) is 4.79 Å². The zero-order valence-corrected chi connectivity index (χ0v) is 43.4.